The Morgan fingerprint density at radius 3 is 2.14 bits per heavy atom. The first-order valence-electron chi connectivity index (χ1n) is 11.9. The molecule has 0 amide bonds. The van der Waals surface area contributed by atoms with Gasteiger partial charge in [0.2, 0.25) is 0 Å². The van der Waals surface area contributed by atoms with Crippen LogP contribution in [0.4, 0.5) is 0 Å². The van der Waals surface area contributed by atoms with E-state index in [1.165, 1.54) is 11.1 Å². The Bertz CT molecular complexity index is 1570. The molecule has 1 atom stereocenters. The molecule has 2 aromatic heterocycles. The van der Waals surface area contributed by atoms with Crippen molar-refractivity contribution in [2.45, 2.75) is 67.3 Å². The molecule has 178 valence electrons. The van der Waals surface area contributed by atoms with Crippen LogP contribution in [0.5, 0.6) is 0 Å². The zero-order chi connectivity index (χ0) is 25.7. The molecule has 0 radical (unpaired) electrons. The summed E-state index contributed by atoms with van der Waals surface area (Å²) < 4.78 is 0. The summed E-state index contributed by atoms with van der Waals surface area (Å²) in [4.78, 5) is 16.3. The van der Waals surface area contributed by atoms with E-state index in [4.69, 9.17) is 9.98 Å². The fourth-order valence-electron chi connectivity index (χ4n) is 4.58. The van der Waals surface area contributed by atoms with Crippen LogP contribution in [0.15, 0.2) is 39.0 Å². The Hall–Kier alpha value is -3.90. The summed E-state index contributed by atoms with van der Waals surface area (Å²) in [6.07, 6.45) is 6.97. The Balaban J connectivity index is 1.75. The molecule has 0 aliphatic carbocycles. The highest BCUT2D eigenvalue weighted by Gasteiger charge is 2.46. The van der Waals surface area contributed by atoms with Crippen molar-refractivity contribution in [1.29, 1.82) is 10.5 Å². The number of nitriles is 2. The van der Waals surface area contributed by atoms with E-state index in [2.05, 4.69) is 75.8 Å². The second-order valence-corrected chi connectivity index (χ2v) is 10.5. The van der Waals surface area contributed by atoms with Gasteiger partial charge in [0.1, 0.15) is 17.3 Å². The number of allylic oxidation sites excluding steroid dienone is 3. The number of nitrogens with one attached hydrogen (secondary N) is 2. The van der Waals surface area contributed by atoms with Crippen molar-refractivity contribution in [2.75, 3.05) is 0 Å². The number of rotatable bonds is 3. The molecule has 6 nitrogen and oxygen atoms in total. The van der Waals surface area contributed by atoms with Crippen molar-refractivity contribution >= 4 is 23.6 Å². The molecule has 0 bridgehead atoms. The van der Waals surface area contributed by atoms with Gasteiger partial charge >= 0.3 is 0 Å². The van der Waals surface area contributed by atoms with Crippen LogP contribution in [0, 0.1) is 48.8 Å². The first kappa shape index (κ1) is 24.2. The topological polar surface area (TPSA) is 104 Å². The third-order valence-electron chi connectivity index (χ3n) is 7.80. The lowest BCUT2D eigenvalue weighted by Gasteiger charge is -2.29. The minimum Gasteiger partial charge on any atom is -0.355 e. The van der Waals surface area contributed by atoms with Gasteiger partial charge in [-0.15, -0.1) is 0 Å². The monoisotopic (exact) mass is 464 g/mol. The van der Waals surface area contributed by atoms with E-state index < -0.39 is 5.54 Å². The van der Waals surface area contributed by atoms with Gasteiger partial charge in [-0.1, -0.05) is 13.8 Å². The summed E-state index contributed by atoms with van der Waals surface area (Å²) >= 11 is 0. The third-order valence-corrected chi connectivity index (χ3v) is 7.80. The van der Waals surface area contributed by atoms with Gasteiger partial charge in [-0.3, -0.25) is 4.99 Å². The van der Waals surface area contributed by atoms with E-state index in [0.717, 1.165) is 56.6 Å². The number of hydrogen-bond acceptors (Lipinski definition) is 4. The maximum atomic E-state index is 9.67. The van der Waals surface area contributed by atoms with E-state index in [9.17, 15) is 10.5 Å². The number of aromatic amines is 2. The van der Waals surface area contributed by atoms with Gasteiger partial charge in [-0.2, -0.15) is 10.5 Å². The summed E-state index contributed by atoms with van der Waals surface area (Å²) in [5, 5.41) is 20.9. The molecule has 2 aliphatic rings. The number of aromatic nitrogens is 2. The summed E-state index contributed by atoms with van der Waals surface area (Å²) in [6.45, 7) is 16.5. The molecule has 2 aromatic rings. The van der Waals surface area contributed by atoms with Gasteiger partial charge in [0.05, 0.1) is 17.5 Å². The fraction of sp³-hybridized carbons (Fsp3) is 0.379. The number of aryl methyl sites for hydroxylation is 1. The Labute approximate surface area is 206 Å². The highest BCUT2D eigenvalue weighted by atomic mass is 14.9. The summed E-state index contributed by atoms with van der Waals surface area (Å²) in [6, 6.07) is 6.42. The van der Waals surface area contributed by atoms with Gasteiger partial charge in [0.25, 0.3) is 0 Å². The van der Waals surface area contributed by atoms with E-state index in [1.807, 2.05) is 26.0 Å². The Morgan fingerprint density at radius 1 is 0.914 bits per heavy atom. The molecule has 0 fully saturated rings. The molecule has 0 saturated heterocycles. The van der Waals surface area contributed by atoms with Crippen LogP contribution in [-0.4, -0.2) is 26.9 Å². The summed E-state index contributed by atoms with van der Waals surface area (Å²) in [5.41, 5.74) is 8.94. The molecule has 0 unspecified atom stereocenters. The van der Waals surface area contributed by atoms with Crippen molar-refractivity contribution < 1.29 is 0 Å². The molecule has 4 rings (SSSR count). The van der Waals surface area contributed by atoms with Crippen molar-refractivity contribution in [3.8, 4) is 12.1 Å². The van der Waals surface area contributed by atoms with Gasteiger partial charge in [-0.05, 0) is 100 Å². The Kier molecular flexibility index (Phi) is 5.81. The molecular formula is C29H32N6. The first-order chi connectivity index (χ1) is 16.4. The van der Waals surface area contributed by atoms with Crippen LogP contribution in [0.2, 0.25) is 0 Å². The Morgan fingerprint density at radius 2 is 1.57 bits per heavy atom. The van der Waals surface area contributed by atoms with Crippen LogP contribution in [0.3, 0.4) is 0 Å². The lowest BCUT2D eigenvalue weighted by Crippen LogP contribution is -2.34. The number of hydrogen-bond donors (Lipinski definition) is 2. The molecule has 6 heteroatoms. The average molecular weight is 465 g/mol. The molecular weight excluding hydrogens is 432 g/mol. The van der Waals surface area contributed by atoms with E-state index in [1.54, 1.807) is 0 Å². The van der Waals surface area contributed by atoms with Crippen LogP contribution in [0.25, 0.3) is 12.2 Å². The predicted molar refractivity (Wildman–Crippen MR) is 142 cm³/mol. The van der Waals surface area contributed by atoms with Gasteiger partial charge in [0.15, 0.2) is 0 Å². The zero-order valence-corrected chi connectivity index (χ0v) is 21.8. The van der Waals surface area contributed by atoms with E-state index >= 15 is 0 Å². The quantitative estimate of drug-likeness (QED) is 0.694. The maximum Gasteiger partial charge on any atom is 0.149 e. The molecule has 2 N–H and O–H groups in total. The standard InChI is InChI=1S/C29H32N6/c1-16-18(3)26(33-24(16)10-21-9-23(14-30)32-20(21)5)12-27-19(4)17(2)25(34-27)11-22-13-28(6,7)29(8,15-31)35-22/h9-12,32-33H,13H2,1-8H3/b24-10-,25-11+,26-12-/t29-/m0/s1. The third kappa shape index (κ3) is 4.10. The first-order valence-corrected chi connectivity index (χ1v) is 11.9. The SMILES string of the molecule is CC1=C(C)/C(=C\C2=N[C@@](C)(C#N)C(C)(C)C2)N=C1/C=c1\[nH]/c(=C\c2cc(C#N)[nH]c2C)c(C)c1C. The molecule has 4 heterocycles. The molecule has 2 aliphatic heterocycles. The van der Waals surface area contributed by atoms with Gasteiger partial charge in [0, 0.05) is 27.5 Å². The number of H-pyrrole nitrogens is 2. The summed E-state index contributed by atoms with van der Waals surface area (Å²) in [5.74, 6) is 0. The fourth-order valence-corrected chi connectivity index (χ4v) is 4.58. The van der Waals surface area contributed by atoms with Gasteiger partial charge in [-0.25, -0.2) is 4.99 Å². The minimum absolute atomic E-state index is 0.213. The highest BCUT2D eigenvalue weighted by Crippen LogP contribution is 2.43. The molecule has 0 saturated carbocycles. The molecule has 35 heavy (non-hydrogen) atoms. The largest absolute Gasteiger partial charge is 0.355 e. The van der Waals surface area contributed by atoms with Crippen LogP contribution >= 0.6 is 0 Å². The van der Waals surface area contributed by atoms with Crippen LogP contribution in [0.1, 0.15) is 69.1 Å². The van der Waals surface area contributed by atoms with Crippen LogP contribution in [-0.2, 0) is 0 Å². The number of nitrogens with zero attached hydrogens (tertiary/aromatic N) is 4. The maximum absolute atomic E-state index is 9.67. The zero-order valence-electron chi connectivity index (χ0n) is 21.8. The number of aliphatic imine (C=N–C) groups is 2. The molecule has 0 spiro atoms. The molecule has 0 aromatic carbocycles. The second kappa shape index (κ2) is 8.40. The second-order valence-electron chi connectivity index (χ2n) is 10.5. The lowest BCUT2D eigenvalue weighted by molar-refractivity contribution is 0.276. The highest BCUT2D eigenvalue weighted by molar-refractivity contribution is 6.23. The minimum atomic E-state index is -0.721. The normalized spacial score (nSPS) is 23.7. The van der Waals surface area contributed by atoms with Crippen LogP contribution < -0.4 is 10.7 Å². The van der Waals surface area contributed by atoms with E-state index in [-0.39, 0.29) is 5.41 Å². The van der Waals surface area contributed by atoms with Gasteiger partial charge < -0.3 is 9.97 Å². The predicted octanol–water partition coefficient (Wildman–Crippen LogP) is 4.58. The lowest BCUT2D eigenvalue weighted by atomic mass is 9.74. The average Bonchev–Trinajstić information content (AvgIpc) is 3.45. The van der Waals surface area contributed by atoms with Crippen molar-refractivity contribution in [2.24, 2.45) is 15.4 Å². The van der Waals surface area contributed by atoms with Crippen molar-refractivity contribution in [1.82, 2.24) is 9.97 Å². The summed E-state index contributed by atoms with van der Waals surface area (Å²) in [7, 11) is 0. The smallest absolute Gasteiger partial charge is 0.149 e. The van der Waals surface area contributed by atoms with Crippen molar-refractivity contribution in [3.63, 3.8) is 0 Å². The van der Waals surface area contributed by atoms with Crippen molar-refractivity contribution in [3.05, 3.63) is 67.8 Å². The van der Waals surface area contributed by atoms with E-state index in [0.29, 0.717) is 5.69 Å².